The van der Waals surface area contributed by atoms with Gasteiger partial charge in [0, 0.05) is 25.4 Å². The van der Waals surface area contributed by atoms with Crippen LogP contribution in [0.4, 0.5) is 4.79 Å². The second kappa shape index (κ2) is 12.0. The van der Waals surface area contributed by atoms with Crippen LogP contribution >= 0.6 is 0 Å². The first-order valence-corrected chi connectivity index (χ1v) is 15.7. The average Bonchev–Trinajstić information content (AvgIpc) is 3.71. The Balaban J connectivity index is 1.18. The molecule has 0 aromatic heterocycles. The van der Waals surface area contributed by atoms with Crippen LogP contribution in [0.5, 0.6) is 0 Å². The molecule has 1 aliphatic carbocycles. The van der Waals surface area contributed by atoms with Crippen molar-refractivity contribution in [1.29, 1.82) is 5.26 Å². The summed E-state index contributed by atoms with van der Waals surface area (Å²) in [5.74, 6) is -0.878. The third-order valence-corrected chi connectivity index (χ3v) is 9.23. The van der Waals surface area contributed by atoms with Crippen LogP contribution in [0.1, 0.15) is 74.6 Å². The number of rotatable bonds is 6. The van der Waals surface area contributed by atoms with Gasteiger partial charge in [0.05, 0.1) is 18.7 Å². The molecule has 10 nitrogen and oxygen atoms in total. The fraction of sp³-hybridized carbons (Fsp3) is 0.457. The minimum atomic E-state index is -1.08. The Kier molecular flexibility index (Phi) is 8.12. The first-order valence-electron chi connectivity index (χ1n) is 15.7. The van der Waals surface area contributed by atoms with Gasteiger partial charge >= 0.3 is 6.09 Å². The van der Waals surface area contributed by atoms with Gasteiger partial charge in [-0.2, -0.15) is 5.26 Å². The number of nitriles is 1. The second-order valence-electron chi connectivity index (χ2n) is 13.3. The van der Waals surface area contributed by atoms with Gasteiger partial charge in [-0.3, -0.25) is 14.4 Å². The monoisotopic (exact) mass is 609 g/mol. The van der Waals surface area contributed by atoms with Gasteiger partial charge in [-0.15, -0.1) is 0 Å². The predicted molar refractivity (Wildman–Crippen MR) is 167 cm³/mol. The van der Waals surface area contributed by atoms with E-state index < -0.39 is 35.7 Å². The molecule has 3 aliphatic heterocycles. The highest BCUT2D eigenvalue weighted by molar-refractivity contribution is 5.93. The molecule has 45 heavy (non-hydrogen) atoms. The van der Waals surface area contributed by atoms with Crippen LogP contribution in [0.3, 0.4) is 0 Å². The van der Waals surface area contributed by atoms with E-state index in [-0.39, 0.29) is 36.7 Å². The molecule has 0 spiro atoms. The maximum Gasteiger partial charge on any atom is 0.408 e. The van der Waals surface area contributed by atoms with Crippen molar-refractivity contribution in [3.8, 4) is 6.07 Å². The highest BCUT2D eigenvalue weighted by Gasteiger charge is 2.52. The van der Waals surface area contributed by atoms with Crippen molar-refractivity contribution >= 4 is 36.0 Å². The fourth-order valence-corrected chi connectivity index (χ4v) is 7.18. The number of ether oxygens (including phenoxy) is 1. The number of benzene rings is 2. The molecule has 234 valence electrons. The number of hydrogen-bond donors (Lipinski definition) is 1. The number of carbonyl (C=O) groups excluding carboxylic acids is 4. The van der Waals surface area contributed by atoms with Crippen LogP contribution in [0.25, 0.3) is 12.2 Å². The zero-order valence-electron chi connectivity index (χ0n) is 25.9. The first-order chi connectivity index (χ1) is 21.5. The Morgan fingerprint density at radius 1 is 1.02 bits per heavy atom. The summed E-state index contributed by atoms with van der Waals surface area (Å²) in [4.78, 5) is 58.8. The summed E-state index contributed by atoms with van der Waals surface area (Å²) in [6.07, 6.45) is 5.38. The third-order valence-electron chi connectivity index (χ3n) is 9.23. The van der Waals surface area contributed by atoms with E-state index >= 15 is 0 Å². The van der Waals surface area contributed by atoms with Crippen LogP contribution in [0.15, 0.2) is 48.5 Å². The lowest BCUT2D eigenvalue weighted by molar-refractivity contribution is -0.147. The molecule has 2 aromatic rings. The van der Waals surface area contributed by atoms with Gasteiger partial charge in [-0.1, -0.05) is 60.7 Å². The summed E-state index contributed by atoms with van der Waals surface area (Å²) in [5.41, 5.74) is 3.52. The number of piperazine rings is 1. The van der Waals surface area contributed by atoms with E-state index in [1.54, 1.807) is 30.6 Å². The standard InChI is InChI=1S/C35H39N5O5/c1-35(2,3)45-34(44)37-29(32(42)38-16-8-11-24(38)19-36)21-39-25-17-30(33(39)43)40(20-25)31(41)18-28-26-12-6-4-9-22(26)14-15-23-10-5-7-13-27(23)28/h4-7,9-10,12-15,24-25,28-30H,8,11,16-18,20-21H2,1-3H3,(H,37,44)/t24-,25+,29-,30+/m0/s1. The molecule has 4 atom stereocenters. The summed E-state index contributed by atoms with van der Waals surface area (Å²) in [6.45, 7) is 5.91. The minimum Gasteiger partial charge on any atom is -0.444 e. The molecule has 3 fully saturated rings. The summed E-state index contributed by atoms with van der Waals surface area (Å²) >= 11 is 0. The van der Waals surface area contributed by atoms with E-state index in [9.17, 15) is 24.4 Å². The zero-order chi connectivity index (χ0) is 31.9. The summed E-state index contributed by atoms with van der Waals surface area (Å²) in [7, 11) is 0. The van der Waals surface area contributed by atoms with Crippen LogP contribution < -0.4 is 5.32 Å². The van der Waals surface area contributed by atoms with Gasteiger partial charge in [0.2, 0.25) is 17.7 Å². The Bertz CT molecular complexity index is 1540. The Labute approximate surface area is 263 Å². The van der Waals surface area contributed by atoms with E-state index in [0.29, 0.717) is 32.4 Å². The van der Waals surface area contributed by atoms with Crippen LogP contribution in [0.2, 0.25) is 0 Å². The zero-order valence-corrected chi connectivity index (χ0v) is 25.9. The molecular formula is C35H39N5O5. The third kappa shape index (κ3) is 6.04. The van der Waals surface area contributed by atoms with Crippen molar-refractivity contribution < 1.29 is 23.9 Å². The first kappa shape index (κ1) is 30.4. The highest BCUT2D eigenvalue weighted by atomic mass is 16.6. The van der Waals surface area contributed by atoms with Crippen LogP contribution in [0, 0.1) is 11.3 Å². The molecule has 3 saturated heterocycles. The quantitative estimate of drug-likeness (QED) is 0.530. The van der Waals surface area contributed by atoms with Gasteiger partial charge in [0.25, 0.3) is 0 Å². The number of likely N-dealkylation sites (tertiary alicyclic amines) is 3. The van der Waals surface area contributed by atoms with E-state index in [2.05, 4.69) is 47.8 Å². The summed E-state index contributed by atoms with van der Waals surface area (Å²) in [6, 6.07) is 15.8. The Morgan fingerprint density at radius 2 is 1.67 bits per heavy atom. The van der Waals surface area contributed by atoms with Gasteiger partial charge < -0.3 is 24.8 Å². The molecule has 10 heteroatoms. The maximum atomic E-state index is 13.9. The van der Waals surface area contributed by atoms with Crippen molar-refractivity contribution in [1.82, 2.24) is 20.0 Å². The lowest BCUT2D eigenvalue weighted by Crippen LogP contribution is -2.59. The van der Waals surface area contributed by atoms with Crippen molar-refractivity contribution in [2.75, 3.05) is 19.6 Å². The summed E-state index contributed by atoms with van der Waals surface area (Å²) < 4.78 is 5.42. The topological polar surface area (TPSA) is 123 Å². The fourth-order valence-electron chi connectivity index (χ4n) is 7.18. The van der Waals surface area contributed by atoms with Crippen LogP contribution in [-0.4, -0.2) is 87.9 Å². The Morgan fingerprint density at radius 3 is 2.27 bits per heavy atom. The average molecular weight is 610 g/mol. The smallest absolute Gasteiger partial charge is 0.408 e. The molecule has 0 radical (unpaired) electrons. The molecule has 0 unspecified atom stereocenters. The van der Waals surface area contributed by atoms with Crippen molar-refractivity contribution in [3.63, 3.8) is 0 Å². The molecule has 3 heterocycles. The van der Waals surface area contributed by atoms with E-state index in [1.165, 1.54) is 4.90 Å². The molecule has 4 aliphatic rings. The second-order valence-corrected chi connectivity index (χ2v) is 13.3. The number of fused-ring (bicyclic) bond motifs is 4. The molecule has 4 amide bonds. The van der Waals surface area contributed by atoms with E-state index in [0.717, 1.165) is 22.3 Å². The SMILES string of the molecule is CC(C)(C)OC(=O)N[C@@H](CN1C(=O)[C@H]2C[C@@H]1CN2C(=O)CC1c2ccccc2C=Cc2ccccc21)C(=O)N1CCC[C@H]1C#N. The lowest BCUT2D eigenvalue weighted by Gasteiger charge is -2.37. The summed E-state index contributed by atoms with van der Waals surface area (Å²) in [5, 5.41) is 12.2. The number of amides is 4. The number of hydrogen-bond acceptors (Lipinski definition) is 6. The molecule has 2 aromatic carbocycles. The minimum absolute atomic E-state index is 0.0518. The van der Waals surface area contributed by atoms with Crippen molar-refractivity contribution in [3.05, 3.63) is 70.8 Å². The molecular weight excluding hydrogens is 570 g/mol. The molecule has 0 saturated carbocycles. The van der Waals surface area contributed by atoms with Crippen molar-refractivity contribution in [2.45, 2.75) is 82.1 Å². The van der Waals surface area contributed by atoms with Gasteiger partial charge in [-0.25, -0.2) is 4.79 Å². The number of nitrogens with zero attached hydrogens (tertiary/aromatic N) is 4. The van der Waals surface area contributed by atoms with E-state index in [4.69, 9.17) is 4.74 Å². The van der Waals surface area contributed by atoms with Gasteiger partial charge in [-0.05, 0) is 62.3 Å². The van der Waals surface area contributed by atoms with Gasteiger partial charge in [0.15, 0.2) is 0 Å². The van der Waals surface area contributed by atoms with E-state index in [1.807, 2.05) is 24.3 Å². The largest absolute Gasteiger partial charge is 0.444 e. The lowest BCUT2D eigenvalue weighted by atomic mass is 9.85. The van der Waals surface area contributed by atoms with Crippen LogP contribution in [-0.2, 0) is 19.1 Å². The normalized spacial score (nSPS) is 22.8. The predicted octanol–water partition coefficient (Wildman–Crippen LogP) is 3.91. The molecule has 6 rings (SSSR count). The number of nitrogens with one attached hydrogen (secondary N) is 1. The highest BCUT2D eigenvalue weighted by Crippen LogP contribution is 2.39. The Hall–Kier alpha value is -4.65. The maximum absolute atomic E-state index is 13.9. The number of carbonyl (C=O) groups is 4. The number of alkyl carbamates (subject to hydrolysis) is 1. The molecule has 1 N–H and O–H groups in total. The van der Waals surface area contributed by atoms with Gasteiger partial charge in [0.1, 0.15) is 23.7 Å². The van der Waals surface area contributed by atoms with Crippen molar-refractivity contribution in [2.24, 2.45) is 0 Å². The molecule has 2 bridgehead atoms.